The molecule has 6 heteroatoms. The predicted molar refractivity (Wildman–Crippen MR) is 108 cm³/mol. The van der Waals surface area contributed by atoms with Crippen molar-refractivity contribution in [1.29, 1.82) is 0 Å². The number of hydrogen-bond donors (Lipinski definition) is 0. The van der Waals surface area contributed by atoms with Crippen LogP contribution in [-0.2, 0) is 11.3 Å². The van der Waals surface area contributed by atoms with Crippen LogP contribution in [-0.4, -0.2) is 77.1 Å². The minimum atomic E-state index is -0.719. The van der Waals surface area contributed by atoms with Crippen molar-refractivity contribution in [3.05, 3.63) is 30.1 Å². The molecule has 0 aliphatic carbocycles. The van der Waals surface area contributed by atoms with Crippen LogP contribution in [0.4, 0.5) is 4.39 Å². The second-order valence-electron chi connectivity index (χ2n) is 8.70. The van der Waals surface area contributed by atoms with E-state index < -0.39 is 6.17 Å². The molecule has 1 aromatic heterocycles. The van der Waals surface area contributed by atoms with Crippen LogP contribution in [0.2, 0.25) is 0 Å². The van der Waals surface area contributed by atoms with E-state index in [0.717, 1.165) is 45.6 Å². The van der Waals surface area contributed by atoms with Gasteiger partial charge in [0, 0.05) is 44.6 Å². The van der Waals surface area contributed by atoms with Crippen LogP contribution in [0.15, 0.2) is 24.5 Å². The lowest BCUT2D eigenvalue weighted by molar-refractivity contribution is -0.139. The molecular formula is C22H33FN4O. The Morgan fingerprint density at radius 1 is 1.07 bits per heavy atom. The van der Waals surface area contributed by atoms with Gasteiger partial charge in [0.05, 0.1) is 5.92 Å². The van der Waals surface area contributed by atoms with E-state index in [1.54, 1.807) is 0 Å². The van der Waals surface area contributed by atoms with Crippen molar-refractivity contribution in [2.24, 2.45) is 5.92 Å². The number of halogens is 1. The summed E-state index contributed by atoms with van der Waals surface area (Å²) in [6, 6.07) is 4.74. The molecule has 0 unspecified atom stereocenters. The van der Waals surface area contributed by atoms with Crippen LogP contribution < -0.4 is 0 Å². The predicted octanol–water partition coefficient (Wildman–Crippen LogP) is 2.72. The highest BCUT2D eigenvalue weighted by Gasteiger charge is 2.34. The highest BCUT2D eigenvalue weighted by molar-refractivity contribution is 5.79. The Morgan fingerprint density at radius 2 is 1.86 bits per heavy atom. The van der Waals surface area contributed by atoms with E-state index in [-0.39, 0.29) is 11.8 Å². The van der Waals surface area contributed by atoms with Crippen LogP contribution in [0, 0.1) is 5.92 Å². The number of carbonyl (C=O) groups excluding carboxylic acids is 1. The molecule has 3 fully saturated rings. The summed E-state index contributed by atoms with van der Waals surface area (Å²) in [5.41, 5.74) is 1.28. The minimum Gasteiger partial charge on any atom is -0.342 e. The van der Waals surface area contributed by atoms with Crippen molar-refractivity contribution >= 4 is 5.91 Å². The summed E-state index contributed by atoms with van der Waals surface area (Å²) in [4.78, 5) is 24.1. The first-order chi connectivity index (χ1) is 13.7. The van der Waals surface area contributed by atoms with Crippen molar-refractivity contribution in [3.8, 4) is 0 Å². The Kier molecular flexibility index (Phi) is 6.58. The van der Waals surface area contributed by atoms with Gasteiger partial charge in [-0.25, -0.2) is 4.39 Å². The van der Waals surface area contributed by atoms with Crippen LogP contribution in [0.5, 0.6) is 0 Å². The van der Waals surface area contributed by atoms with Crippen molar-refractivity contribution in [3.63, 3.8) is 0 Å². The summed E-state index contributed by atoms with van der Waals surface area (Å²) in [5.74, 6) is 0.379. The van der Waals surface area contributed by atoms with Crippen molar-refractivity contribution in [2.45, 2.75) is 57.3 Å². The standard InChI is InChI=1S/C22H33FN4O/c23-20-5-13-26(14-6-20)22(28)19-4-2-10-27(17-19)21-7-11-25(12-8-21)16-18-3-1-9-24-15-18/h1,3,9,15,19-21H,2,4-8,10-14,16-17H2/t19-/m0/s1. The number of nitrogens with zero attached hydrogens (tertiary/aromatic N) is 4. The fraction of sp³-hybridized carbons (Fsp3) is 0.727. The first-order valence-electron chi connectivity index (χ1n) is 11.0. The smallest absolute Gasteiger partial charge is 0.226 e. The molecular weight excluding hydrogens is 355 g/mol. The molecule has 154 valence electrons. The van der Waals surface area contributed by atoms with Crippen molar-refractivity contribution in [1.82, 2.24) is 19.7 Å². The third kappa shape index (κ3) is 4.90. The van der Waals surface area contributed by atoms with Gasteiger partial charge in [-0.05, 0) is 69.8 Å². The van der Waals surface area contributed by atoms with Crippen molar-refractivity contribution in [2.75, 3.05) is 39.3 Å². The lowest BCUT2D eigenvalue weighted by atomic mass is 9.92. The van der Waals surface area contributed by atoms with Crippen molar-refractivity contribution < 1.29 is 9.18 Å². The summed E-state index contributed by atoms with van der Waals surface area (Å²) < 4.78 is 13.4. The zero-order valence-electron chi connectivity index (χ0n) is 16.8. The SMILES string of the molecule is O=C([C@H]1CCCN(C2CCN(Cc3cccnc3)CC2)C1)N1CCC(F)CC1. The molecule has 0 N–H and O–H groups in total. The van der Waals surface area contributed by atoms with E-state index >= 15 is 0 Å². The third-order valence-corrected chi connectivity index (χ3v) is 6.74. The van der Waals surface area contributed by atoms with E-state index in [1.807, 2.05) is 23.4 Å². The van der Waals surface area contributed by atoms with Gasteiger partial charge in [-0.2, -0.15) is 0 Å². The van der Waals surface area contributed by atoms with E-state index in [9.17, 15) is 9.18 Å². The van der Waals surface area contributed by atoms with Crippen LogP contribution in [0.25, 0.3) is 0 Å². The molecule has 0 radical (unpaired) electrons. The van der Waals surface area contributed by atoms with Crippen LogP contribution in [0.1, 0.15) is 44.1 Å². The van der Waals surface area contributed by atoms with Crippen LogP contribution >= 0.6 is 0 Å². The number of likely N-dealkylation sites (tertiary alicyclic amines) is 3. The monoisotopic (exact) mass is 388 g/mol. The molecule has 0 saturated carbocycles. The topological polar surface area (TPSA) is 39.7 Å². The molecule has 3 saturated heterocycles. The Hall–Kier alpha value is -1.53. The number of rotatable bonds is 4. The second kappa shape index (κ2) is 9.31. The minimum absolute atomic E-state index is 0.110. The Bertz CT molecular complexity index is 627. The molecule has 0 aromatic carbocycles. The average Bonchev–Trinajstić information content (AvgIpc) is 2.75. The second-order valence-corrected chi connectivity index (χ2v) is 8.70. The van der Waals surface area contributed by atoms with E-state index in [4.69, 9.17) is 0 Å². The number of carbonyl (C=O) groups is 1. The molecule has 3 aliphatic heterocycles. The average molecular weight is 389 g/mol. The fourth-order valence-corrected chi connectivity index (χ4v) is 5.06. The maximum absolute atomic E-state index is 13.4. The van der Waals surface area contributed by atoms with Gasteiger partial charge in [0.1, 0.15) is 6.17 Å². The summed E-state index contributed by atoms with van der Waals surface area (Å²) in [6.45, 7) is 6.40. The first-order valence-corrected chi connectivity index (χ1v) is 11.0. The summed E-state index contributed by atoms with van der Waals surface area (Å²) in [7, 11) is 0. The zero-order valence-corrected chi connectivity index (χ0v) is 16.8. The van der Waals surface area contributed by atoms with Gasteiger partial charge < -0.3 is 4.90 Å². The zero-order chi connectivity index (χ0) is 19.3. The normalized spacial score (nSPS) is 26.5. The lowest BCUT2D eigenvalue weighted by Gasteiger charge is -2.43. The maximum atomic E-state index is 13.4. The van der Waals surface area contributed by atoms with E-state index in [0.29, 0.717) is 32.0 Å². The Balaban J connectivity index is 1.25. The van der Waals surface area contributed by atoms with Gasteiger partial charge in [-0.3, -0.25) is 19.6 Å². The Morgan fingerprint density at radius 3 is 2.57 bits per heavy atom. The molecule has 1 amide bonds. The van der Waals surface area contributed by atoms with Gasteiger partial charge in [-0.1, -0.05) is 6.07 Å². The molecule has 1 atom stereocenters. The number of amides is 1. The number of alkyl halides is 1. The first kappa shape index (κ1) is 19.8. The molecule has 0 bridgehead atoms. The summed E-state index contributed by atoms with van der Waals surface area (Å²) >= 11 is 0. The quantitative estimate of drug-likeness (QED) is 0.795. The number of aromatic nitrogens is 1. The molecule has 28 heavy (non-hydrogen) atoms. The highest BCUT2D eigenvalue weighted by atomic mass is 19.1. The van der Waals surface area contributed by atoms with Gasteiger partial charge in [0.15, 0.2) is 0 Å². The molecule has 3 aliphatic rings. The molecule has 5 nitrogen and oxygen atoms in total. The van der Waals surface area contributed by atoms with Crippen LogP contribution in [0.3, 0.4) is 0 Å². The third-order valence-electron chi connectivity index (χ3n) is 6.74. The van der Waals surface area contributed by atoms with Gasteiger partial charge in [0.25, 0.3) is 0 Å². The van der Waals surface area contributed by atoms with E-state index in [2.05, 4.69) is 20.9 Å². The Labute approximate surface area is 167 Å². The number of hydrogen-bond acceptors (Lipinski definition) is 4. The van der Waals surface area contributed by atoms with Gasteiger partial charge >= 0.3 is 0 Å². The number of pyridine rings is 1. The molecule has 4 rings (SSSR count). The van der Waals surface area contributed by atoms with Gasteiger partial charge in [0.2, 0.25) is 5.91 Å². The summed E-state index contributed by atoms with van der Waals surface area (Å²) in [5, 5.41) is 0. The summed E-state index contributed by atoms with van der Waals surface area (Å²) in [6.07, 6.45) is 8.53. The lowest BCUT2D eigenvalue weighted by Crippen LogP contribution is -2.52. The number of piperidine rings is 3. The molecule has 1 aromatic rings. The molecule has 0 spiro atoms. The van der Waals surface area contributed by atoms with E-state index in [1.165, 1.54) is 18.4 Å². The largest absolute Gasteiger partial charge is 0.342 e. The molecule has 4 heterocycles. The fourth-order valence-electron chi connectivity index (χ4n) is 5.06. The maximum Gasteiger partial charge on any atom is 0.226 e. The van der Waals surface area contributed by atoms with Gasteiger partial charge in [-0.15, -0.1) is 0 Å². The highest BCUT2D eigenvalue weighted by Crippen LogP contribution is 2.26.